The first-order chi connectivity index (χ1) is 13.0. The Hall–Kier alpha value is -1.99. The van der Waals surface area contributed by atoms with Gasteiger partial charge < -0.3 is 5.32 Å². The third kappa shape index (κ3) is 4.52. The summed E-state index contributed by atoms with van der Waals surface area (Å²) >= 11 is 0. The number of nitrogens with one attached hydrogen (secondary N) is 2. The molecule has 4 rings (SSSR count). The first-order valence-corrected chi connectivity index (χ1v) is 10.7. The molecule has 148 valence electrons. The van der Waals surface area contributed by atoms with Gasteiger partial charge in [-0.3, -0.25) is 4.98 Å². The summed E-state index contributed by atoms with van der Waals surface area (Å²) < 4.78 is 28.2. The van der Waals surface area contributed by atoms with Crippen LogP contribution in [0.2, 0.25) is 0 Å². The zero-order valence-electron chi connectivity index (χ0n) is 15.6. The fraction of sp³-hybridized carbons (Fsp3) is 0.286. The number of fused-ring (bicyclic) bond motifs is 2. The van der Waals surface area contributed by atoms with Gasteiger partial charge in [-0.1, -0.05) is 30.3 Å². The average Bonchev–Trinajstić information content (AvgIpc) is 3.09. The maximum Gasteiger partial charge on any atom is 0.240 e. The summed E-state index contributed by atoms with van der Waals surface area (Å²) in [5, 5.41) is 5.28. The van der Waals surface area contributed by atoms with Crippen LogP contribution in [0.1, 0.15) is 18.1 Å². The van der Waals surface area contributed by atoms with Crippen molar-refractivity contribution in [2.75, 3.05) is 6.54 Å². The van der Waals surface area contributed by atoms with Gasteiger partial charge in [-0.15, -0.1) is 12.4 Å². The predicted octanol–water partition coefficient (Wildman–Crippen LogP) is 3.08. The summed E-state index contributed by atoms with van der Waals surface area (Å²) in [5.74, 6) is 0. The van der Waals surface area contributed by atoms with Gasteiger partial charge in [-0.25, -0.2) is 13.1 Å². The molecule has 0 saturated heterocycles. The van der Waals surface area contributed by atoms with Gasteiger partial charge in [0.05, 0.1) is 4.90 Å². The molecular formula is C21H24ClN3O2S. The third-order valence-electron chi connectivity index (χ3n) is 5.04. The van der Waals surface area contributed by atoms with Crippen LogP contribution in [0.4, 0.5) is 0 Å². The number of sulfonamides is 1. The molecule has 1 unspecified atom stereocenters. The second-order valence-corrected chi connectivity index (χ2v) is 8.90. The lowest BCUT2D eigenvalue weighted by Gasteiger charge is -2.18. The smallest absolute Gasteiger partial charge is 0.240 e. The lowest BCUT2D eigenvalue weighted by molar-refractivity contribution is 0.482. The molecule has 1 aliphatic rings. The molecule has 7 heteroatoms. The highest BCUT2D eigenvalue weighted by Crippen LogP contribution is 2.22. The largest absolute Gasteiger partial charge is 0.312 e. The normalized spacial score (nSPS) is 15.2. The second kappa shape index (κ2) is 8.57. The molecule has 1 heterocycles. The molecule has 0 fully saturated rings. The van der Waals surface area contributed by atoms with Gasteiger partial charge in [-0.2, -0.15) is 0 Å². The molecule has 1 aliphatic carbocycles. The molecule has 5 nitrogen and oxygen atoms in total. The van der Waals surface area contributed by atoms with Crippen molar-refractivity contribution in [3.63, 3.8) is 0 Å². The van der Waals surface area contributed by atoms with E-state index in [0.29, 0.717) is 12.6 Å². The highest BCUT2D eigenvalue weighted by molar-refractivity contribution is 7.89. The number of aromatic nitrogens is 1. The van der Waals surface area contributed by atoms with Gasteiger partial charge >= 0.3 is 0 Å². The quantitative estimate of drug-likeness (QED) is 0.646. The molecule has 0 amide bonds. The van der Waals surface area contributed by atoms with E-state index in [9.17, 15) is 8.42 Å². The van der Waals surface area contributed by atoms with Crippen molar-refractivity contribution in [3.8, 4) is 0 Å². The monoisotopic (exact) mass is 417 g/mol. The van der Waals surface area contributed by atoms with Crippen LogP contribution in [0, 0.1) is 0 Å². The van der Waals surface area contributed by atoms with Crippen LogP contribution in [0.3, 0.4) is 0 Å². The van der Waals surface area contributed by atoms with Crippen molar-refractivity contribution >= 4 is 33.2 Å². The molecule has 0 spiro atoms. The SMILES string of the molecule is CC(CNC1Cc2ccccc2C1)NS(=O)(=O)c1ccc2cnccc2c1.Cl. The van der Waals surface area contributed by atoms with Crippen molar-refractivity contribution in [1.29, 1.82) is 0 Å². The number of pyridine rings is 1. The Labute approximate surface area is 172 Å². The number of rotatable bonds is 6. The van der Waals surface area contributed by atoms with Crippen LogP contribution in [-0.4, -0.2) is 32.0 Å². The van der Waals surface area contributed by atoms with E-state index in [-0.39, 0.29) is 23.3 Å². The summed E-state index contributed by atoms with van der Waals surface area (Å²) in [4.78, 5) is 4.34. The first kappa shape index (κ1) is 20.7. The van der Waals surface area contributed by atoms with E-state index in [0.717, 1.165) is 23.6 Å². The molecule has 1 atom stereocenters. The lowest BCUT2D eigenvalue weighted by Crippen LogP contribution is -2.43. The molecule has 3 aromatic rings. The van der Waals surface area contributed by atoms with Crippen LogP contribution in [-0.2, 0) is 22.9 Å². The summed E-state index contributed by atoms with van der Waals surface area (Å²) in [6, 6.07) is 15.5. The van der Waals surface area contributed by atoms with Crippen molar-refractivity contribution in [3.05, 3.63) is 72.1 Å². The topological polar surface area (TPSA) is 71.1 Å². The van der Waals surface area contributed by atoms with Gasteiger partial charge in [0.15, 0.2) is 0 Å². The van der Waals surface area contributed by atoms with Crippen molar-refractivity contribution in [2.45, 2.75) is 36.7 Å². The molecule has 0 aliphatic heterocycles. The minimum absolute atomic E-state index is 0. The number of hydrogen-bond acceptors (Lipinski definition) is 4. The van der Waals surface area contributed by atoms with E-state index in [1.165, 1.54) is 11.1 Å². The van der Waals surface area contributed by atoms with Crippen molar-refractivity contribution in [1.82, 2.24) is 15.0 Å². The Kier molecular flexibility index (Phi) is 6.35. The number of benzene rings is 2. The van der Waals surface area contributed by atoms with Gasteiger partial charge in [0.2, 0.25) is 10.0 Å². The van der Waals surface area contributed by atoms with Gasteiger partial charge in [0, 0.05) is 36.4 Å². The summed E-state index contributed by atoms with van der Waals surface area (Å²) in [5.41, 5.74) is 2.77. The Morgan fingerprint density at radius 3 is 2.50 bits per heavy atom. The van der Waals surface area contributed by atoms with E-state index in [2.05, 4.69) is 39.3 Å². The Balaban J connectivity index is 0.00000225. The van der Waals surface area contributed by atoms with Crippen LogP contribution in [0.15, 0.2) is 65.8 Å². The molecule has 0 bridgehead atoms. The van der Waals surface area contributed by atoms with Crippen molar-refractivity contribution < 1.29 is 8.42 Å². The number of nitrogens with zero attached hydrogens (tertiary/aromatic N) is 1. The van der Waals surface area contributed by atoms with Crippen LogP contribution < -0.4 is 10.0 Å². The summed E-state index contributed by atoms with van der Waals surface area (Å²) in [6.45, 7) is 2.48. The van der Waals surface area contributed by atoms with E-state index < -0.39 is 10.0 Å². The first-order valence-electron chi connectivity index (χ1n) is 9.17. The molecule has 0 saturated carbocycles. The molecule has 2 N–H and O–H groups in total. The van der Waals surface area contributed by atoms with Gasteiger partial charge in [-0.05, 0) is 54.5 Å². The predicted molar refractivity (Wildman–Crippen MR) is 114 cm³/mol. The highest BCUT2D eigenvalue weighted by Gasteiger charge is 2.22. The van der Waals surface area contributed by atoms with Crippen LogP contribution in [0.5, 0.6) is 0 Å². The average molecular weight is 418 g/mol. The standard InChI is InChI=1S/C21H23N3O2S.ClH/c1-15(13-23-20-10-16-4-2-3-5-17(16)11-20)24-27(25,26)21-7-6-19-14-22-9-8-18(19)12-21;/h2-9,12,14-15,20,23-24H,10-11,13H2,1H3;1H. The maximum atomic E-state index is 12.7. The Bertz CT molecular complexity index is 1050. The van der Waals surface area contributed by atoms with E-state index >= 15 is 0 Å². The van der Waals surface area contributed by atoms with Crippen LogP contribution in [0.25, 0.3) is 10.8 Å². The highest BCUT2D eigenvalue weighted by atomic mass is 35.5. The zero-order valence-corrected chi connectivity index (χ0v) is 17.3. The Morgan fingerprint density at radius 1 is 1.07 bits per heavy atom. The molecule has 28 heavy (non-hydrogen) atoms. The van der Waals surface area contributed by atoms with Gasteiger partial charge in [0.1, 0.15) is 0 Å². The number of hydrogen-bond donors (Lipinski definition) is 2. The van der Waals surface area contributed by atoms with E-state index in [1.54, 1.807) is 30.6 Å². The molecule has 0 radical (unpaired) electrons. The second-order valence-electron chi connectivity index (χ2n) is 7.19. The molecule has 1 aromatic heterocycles. The maximum absolute atomic E-state index is 12.7. The summed E-state index contributed by atoms with van der Waals surface area (Å²) in [6.07, 6.45) is 5.38. The fourth-order valence-electron chi connectivity index (χ4n) is 3.65. The lowest BCUT2D eigenvalue weighted by atomic mass is 10.1. The molecular weight excluding hydrogens is 394 g/mol. The Morgan fingerprint density at radius 2 is 1.79 bits per heavy atom. The minimum atomic E-state index is -3.56. The van der Waals surface area contributed by atoms with E-state index in [1.807, 2.05) is 13.0 Å². The van der Waals surface area contributed by atoms with Crippen LogP contribution >= 0.6 is 12.4 Å². The fourth-order valence-corrected chi connectivity index (χ4v) is 4.93. The molecule has 2 aromatic carbocycles. The van der Waals surface area contributed by atoms with Crippen molar-refractivity contribution in [2.24, 2.45) is 0 Å². The third-order valence-corrected chi connectivity index (χ3v) is 6.63. The summed E-state index contributed by atoms with van der Waals surface area (Å²) in [7, 11) is -3.56. The van der Waals surface area contributed by atoms with Gasteiger partial charge in [0.25, 0.3) is 0 Å². The minimum Gasteiger partial charge on any atom is -0.312 e. The van der Waals surface area contributed by atoms with E-state index in [4.69, 9.17) is 0 Å². The number of halogens is 1. The zero-order chi connectivity index (χ0) is 18.9.